The van der Waals surface area contributed by atoms with Crippen LogP contribution in [0.25, 0.3) is 11.3 Å². The average Bonchev–Trinajstić information content (AvgIpc) is 2.84. The number of anilines is 1. The van der Waals surface area contributed by atoms with Crippen molar-refractivity contribution in [1.29, 1.82) is 0 Å². The van der Waals surface area contributed by atoms with E-state index < -0.39 is 0 Å². The summed E-state index contributed by atoms with van der Waals surface area (Å²) >= 11 is 0. The minimum atomic E-state index is 0.932. The second-order valence-corrected chi connectivity index (χ2v) is 4.52. The van der Waals surface area contributed by atoms with Gasteiger partial charge in [-0.15, -0.1) is 0 Å². The highest BCUT2D eigenvalue weighted by Crippen LogP contribution is 2.22. The van der Waals surface area contributed by atoms with Gasteiger partial charge < -0.3 is 14.8 Å². The molecule has 4 nitrogen and oxygen atoms in total. The smallest absolute Gasteiger partial charge is 0.0951 e. The molecule has 0 saturated carbocycles. The standard InChI is InChI=1S/C14H20N4/c1-15-8-9-18-11-16-10-14(18)12-4-6-13(7-5-12)17(2)3/h4-7,10-11,15H,8-9H2,1-3H3. The average molecular weight is 244 g/mol. The summed E-state index contributed by atoms with van der Waals surface area (Å²) in [4.78, 5) is 6.33. The van der Waals surface area contributed by atoms with Crippen LogP contribution in [0.5, 0.6) is 0 Å². The first-order valence-electron chi connectivity index (χ1n) is 6.15. The monoisotopic (exact) mass is 244 g/mol. The molecule has 4 heteroatoms. The van der Waals surface area contributed by atoms with E-state index in [-0.39, 0.29) is 0 Å². The molecule has 1 heterocycles. The fraction of sp³-hybridized carbons (Fsp3) is 0.357. The molecule has 1 aromatic heterocycles. The number of hydrogen-bond acceptors (Lipinski definition) is 3. The quantitative estimate of drug-likeness (QED) is 0.871. The first-order chi connectivity index (χ1) is 8.72. The van der Waals surface area contributed by atoms with Crippen LogP contribution >= 0.6 is 0 Å². The van der Waals surface area contributed by atoms with Crippen molar-refractivity contribution >= 4 is 5.69 Å². The van der Waals surface area contributed by atoms with Crippen LogP contribution in [0.4, 0.5) is 5.69 Å². The van der Waals surface area contributed by atoms with Gasteiger partial charge in [-0.1, -0.05) is 12.1 Å². The Morgan fingerprint density at radius 1 is 1.22 bits per heavy atom. The van der Waals surface area contributed by atoms with E-state index >= 15 is 0 Å². The lowest BCUT2D eigenvalue weighted by atomic mass is 10.1. The zero-order valence-electron chi connectivity index (χ0n) is 11.2. The van der Waals surface area contributed by atoms with E-state index in [9.17, 15) is 0 Å². The lowest BCUT2D eigenvalue weighted by Gasteiger charge is -2.13. The lowest BCUT2D eigenvalue weighted by Crippen LogP contribution is -2.14. The van der Waals surface area contributed by atoms with Crippen LogP contribution in [-0.4, -0.2) is 37.2 Å². The Balaban J connectivity index is 2.23. The van der Waals surface area contributed by atoms with E-state index in [1.54, 1.807) is 0 Å². The van der Waals surface area contributed by atoms with Crippen molar-refractivity contribution in [3.05, 3.63) is 36.8 Å². The van der Waals surface area contributed by atoms with Gasteiger partial charge in [-0.25, -0.2) is 4.98 Å². The molecule has 0 aliphatic carbocycles. The predicted molar refractivity (Wildman–Crippen MR) is 75.9 cm³/mol. The number of hydrogen-bond donors (Lipinski definition) is 1. The molecule has 2 aromatic rings. The van der Waals surface area contributed by atoms with Gasteiger partial charge in [0.05, 0.1) is 18.2 Å². The van der Waals surface area contributed by atoms with Crippen LogP contribution in [0.15, 0.2) is 36.8 Å². The van der Waals surface area contributed by atoms with E-state index in [1.165, 1.54) is 11.3 Å². The van der Waals surface area contributed by atoms with Gasteiger partial charge in [-0.05, 0) is 24.7 Å². The van der Waals surface area contributed by atoms with Gasteiger partial charge in [0.2, 0.25) is 0 Å². The van der Waals surface area contributed by atoms with Gasteiger partial charge in [-0.2, -0.15) is 0 Å². The number of rotatable bonds is 5. The van der Waals surface area contributed by atoms with Crippen LogP contribution < -0.4 is 10.2 Å². The van der Waals surface area contributed by atoms with Crippen molar-refractivity contribution in [1.82, 2.24) is 14.9 Å². The molecule has 0 radical (unpaired) electrons. The van der Waals surface area contributed by atoms with Gasteiger partial charge in [0.1, 0.15) is 0 Å². The molecule has 0 fully saturated rings. The van der Waals surface area contributed by atoms with Crippen LogP contribution in [0.1, 0.15) is 0 Å². The van der Waals surface area contributed by atoms with Crippen LogP contribution in [-0.2, 0) is 6.54 Å². The summed E-state index contributed by atoms with van der Waals surface area (Å²) in [5, 5.41) is 3.15. The Morgan fingerprint density at radius 2 is 1.94 bits per heavy atom. The third kappa shape index (κ3) is 2.71. The molecule has 0 spiro atoms. The van der Waals surface area contributed by atoms with Crippen molar-refractivity contribution in [2.45, 2.75) is 6.54 Å². The Bertz CT molecular complexity index is 485. The summed E-state index contributed by atoms with van der Waals surface area (Å²) in [6.07, 6.45) is 3.80. The zero-order chi connectivity index (χ0) is 13.0. The molecular formula is C14H20N4. The van der Waals surface area contributed by atoms with Gasteiger partial charge in [-0.3, -0.25) is 0 Å². The third-order valence-corrected chi connectivity index (χ3v) is 2.99. The summed E-state index contributed by atoms with van der Waals surface area (Å²) in [5.41, 5.74) is 3.57. The number of likely N-dealkylation sites (N-methyl/N-ethyl adjacent to an activating group) is 1. The number of aromatic nitrogens is 2. The second-order valence-electron chi connectivity index (χ2n) is 4.52. The maximum absolute atomic E-state index is 4.23. The van der Waals surface area contributed by atoms with Crippen molar-refractivity contribution in [3.8, 4) is 11.3 Å². The first kappa shape index (κ1) is 12.6. The van der Waals surface area contributed by atoms with Crippen molar-refractivity contribution < 1.29 is 0 Å². The third-order valence-electron chi connectivity index (χ3n) is 2.99. The molecule has 2 rings (SSSR count). The normalized spacial score (nSPS) is 10.6. The fourth-order valence-electron chi connectivity index (χ4n) is 1.90. The fourth-order valence-corrected chi connectivity index (χ4v) is 1.90. The Labute approximate surface area is 108 Å². The summed E-state index contributed by atoms with van der Waals surface area (Å²) in [7, 11) is 6.06. The van der Waals surface area contributed by atoms with Crippen molar-refractivity contribution in [3.63, 3.8) is 0 Å². The zero-order valence-corrected chi connectivity index (χ0v) is 11.2. The van der Waals surface area contributed by atoms with E-state index in [4.69, 9.17) is 0 Å². The summed E-state index contributed by atoms with van der Waals surface area (Å²) in [6, 6.07) is 8.54. The van der Waals surface area contributed by atoms with E-state index in [2.05, 4.69) is 44.0 Å². The largest absolute Gasteiger partial charge is 0.378 e. The maximum Gasteiger partial charge on any atom is 0.0951 e. The highest BCUT2D eigenvalue weighted by atomic mass is 15.1. The maximum atomic E-state index is 4.23. The molecule has 0 atom stereocenters. The van der Waals surface area contributed by atoms with E-state index in [0.717, 1.165) is 18.8 Å². The summed E-state index contributed by atoms with van der Waals surface area (Å²) in [5.74, 6) is 0. The Hall–Kier alpha value is -1.81. The molecule has 0 aliphatic heterocycles. The van der Waals surface area contributed by atoms with Gasteiger partial charge in [0, 0.05) is 32.9 Å². The van der Waals surface area contributed by atoms with Crippen molar-refractivity contribution in [2.75, 3.05) is 32.6 Å². The van der Waals surface area contributed by atoms with Gasteiger partial charge in [0.15, 0.2) is 0 Å². The molecular weight excluding hydrogens is 224 g/mol. The highest BCUT2D eigenvalue weighted by molar-refractivity contribution is 5.62. The minimum Gasteiger partial charge on any atom is -0.378 e. The topological polar surface area (TPSA) is 33.1 Å². The number of nitrogens with zero attached hydrogens (tertiary/aromatic N) is 3. The SMILES string of the molecule is CNCCn1cncc1-c1ccc(N(C)C)cc1. The predicted octanol–water partition coefficient (Wildman–Crippen LogP) is 1.84. The highest BCUT2D eigenvalue weighted by Gasteiger charge is 2.05. The van der Waals surface area contributed by atoms with Crippen molar-refractivity contribution in [2.24, 2.45) is 0 Å². The summed E-state index contributed by atoms with van der Waals surface area (Å²) in [6.45, 7) is 1.88. The van der Waals surface area contributed by atoms with E-state index in [0.29, 0.717) is 0 Å². The second kappa shape index (κ2) is 5.69. The molecule has 1 N–H and O–H groups in total. The van der Waals surface area contributed by atoms with E-state index in [1.807, 2.05) is 33.7 Å². The molecule has 0 unspecified atom stereocenters. The molecule has 0 amide bonds. The van der Waals surface area contributed by atoms with Crippen LogP contribution in [0.3, 0.4) is 0 Å². The van der Waals surface area contributed by atoms with Crippen LogP contribution in [0.2, 0.25) is 0 Å². The van der Waals surface area contributed by atoms with Crippen LogP contribution in [0, 0.1) is 0 Å². The minimum absolute atomic E-state index is 0.932. The lowest BCUT2D eigenvalue weighted by molar-refractivity contribution is 0.648. The first-order valence-corrected chi connectivity index (χ1v) is 6.15. The van der Waals surface area contributed by atoms with Gasteiger partial charge in [0.25, 0.3) is 0 Å². The molecule has 0 aliphatic rings. The number of nitrogens with one attached hydrogen (secondary N) is 1. The van der Waals surface area contributed by atoms with Gasteiger partial charge >= 0.3 is 0 Å². The Kier molecular flexibility index (Phi) is 3.99. The molecule has 0 bridgehead atoms. The number of benzene rings is 1. The molecule has 18 heavy (non-hydrogen) atoms. The molecule has 0 saturated heterocycles. The summed E-state index contributed by atoms with van der Waals surface area (Å²) < 4.78 is 2.17. The Morgan fingerprint density at radius 3 is 2.56 bits per heavy atom. The molecule has 96 valence electrons. The molecule has 1 aromatic carbocycles. The number of imidazole rings is 1.